The molecular formula is C46H26F3N7. The Bertz CT molecular complexity index is 3200. The summed E-state index contributed by atoms with van der Waals surface area (Å²) in [6.45, 7) is 0. The first-order chi connectivity index (χ1) is 27.4. The van der Waals surface area contributed by atoms with Crippen LogP contribution in [-0.2, 0) is 6.18 Å². The number of fused-ring (bicyclic) bond motifs is 6. The molecule has 266 valence electrons. The zero-order valence-corrected chi connectivity index (χ0v) is 29.3. The molecule has 0 bridgehead atoms. The van der Waals surface area contributed by atoms with E-state index in [1.54, 1.807) is 49.1 Å². The average molecular weight is 734 g/mol. The van der Waals surface area contributed by atoms with E-state index in [4.69, 9.17) is 0 Å². The maximum absolute atomic E-state index is 14.1. The number of hydrogen-bond acceptors (Lipinski definition) is 5. The molecule has 0 spiro atoms. The van der Waals surface area contributed by atoms with E-state index >= 15 is 0 Å². The summed E-state index contributed by atoms with van der Waals surface area (Å²) < 4.78 is 46.6. The largest absolute Gasteiger partial charge is 0.416 e. The Morgan fingerprint density at radius 3 is 1.48 bits per heavy atom. The van der Waals surface area contributed by atoms with Crippen molar-refractivity contribution in [3.05, 3.63) is 169 Å². The number of hydrogen-bond donors (Lipinski definition) is 0. The molecule has 0 saturated carbocycles. The molecule has 7 nitrogen and oxygen atoms in total. The first-order valence-electron chi connectivity index (χ1n) is 17.7. The molecule has 0 saturated heterocycles. The number of para-hydroxylation sites is 2. The van der Waals surface area contributed by atoms with Crippen LogP contribution in [-0.4, -0.2) is 29.1 Å². The highest BCUT2D eigenvalue weighted by Gasteiger charge is 2.31. The zero-order valence-electron chi connectivity index (χ0n) is 29.3. The van der Waals surface area contributed by atoms with Gasteiger partial charge in [0.1, 0.15) is 0 Å². The highest BCUT2D eigenvalue weighted by Crippen LogP contribution is 2.42. The quantitative estimate of drug-likeness (QED) is 0.176. The van der Waals surface area contributed by atoms with Gasteiger partial charge in [0.25, 0.3) is 0 Å². The van der Waals surface area contributed by atoms with Crippen LogP contribution >= 0.6 is 0 Å². The summed E-state index contributed by atoms with van der Waals surface area (Å²) in [7, 11) is 0. The summed E-state index contributed by atoms with van der Waals surface area (Å²) in [5, 5.41) is 14.7. The molecule has 10 heteroatoms. The van der Waals surface area contributed by atoms with Crippen LogP contribution in [0.5, 0.6) is 0 Å². The van der Waals surface area contributed by atoms with E-state index in [0.717, 1.165) is 66.9 Å². The van der Waals surface area contributed by atoms with Crippen molar-refractivity contribution in [1.29, 1.82) is 5.26 Å². The molecular weight excluding hydrogens is 708 g/mol. The molecule has 4 heterocycles. The van der Waals surface area contributed by atoms with Gasteiger partial charge >= 0.3 is 6.18 Å². The van der Waals surface area contributed by atoms with Crippen LogP contribution in [0.1, 0.15) is 11.1 Å². The molecule has 0 atom stereocenters. The van der Waals surface area contributed by atoms with Gasteiger partial charge in [-0.05, 0) is 66.2 Å². The van der Waals surface area contributed by atoms with Gasteiger partial charge in [-0.3, -0.25) is 0 Å². The number of aromatic nitrogens is 6. The molecule has 0 aliphatic heterocycles. The lowest BCUT2D eigenvalue weighted by molar-refractivity contribution is -0.137. The monoisotopic (exact) mass is 733 g/mol. The summed E-state index contributed by atoms with van der Waals surface area (Å²) in [6, 6.07) is 42.8. The van der Waals surface area contributed by atoms with Crippen molar-refractivity contribution in [2.24, 2.45) is 0 Å². The van der Waals surface area contributed by atoms with Gasteiger partial charge in [0.05, 0.1) is 50.6 Å². The van der Waals surface area contributed by atoms with Crippen LogP contribution in [0, 0.1) is 11.3 Å². The normalized spacial score (nSPS) is 11.8. The predicted octanol–water partition coefficient (Wildman–Crippen LogP) is 11.4. The van der Waals surface area contributed by atoms with Gasteiger partial charge in [-0.15, -0.1) is 0 Å². The highest BCUT2D eigenvalue weighted by molar-refractivity contribution is 6.12. The van der Waals surface area contributed by atoms with Crippen LogP contribution in [0.15, 0.2) is 158 Å². The Morgan fingerprint density at radius 1 is 0.464 bits per heavy atom. The highest BCUT2D eigenvalue weighted by atomic mass is 19.4. The third-order valence-electron chi connectivity index (χ3n) is 10.2. The summed E-state index contributed by atoms with van der Waals surface area (Å²) >= 11 is 0. The van der Waals surface area contributed by atoms with E-state index in [9.17, 15) is 18.4 Å². The lowest BCUT2D eigenvalue weighted by Gasteiger charge is -2.20. The Kier molecular flexibility index (Phi) is 7.50. The van der Waals surface area contributed by atoms with E-state index in [2.05, 4.69) is 47.3 Å². The standard InChI is InChI=1S/C46H26F3N7/c47-46(48,49)32-9-5-8-28(22-32)37-26-43(56-39-13-4-2-11-34(39)36-17-15-30(24-41(36)56)45-53-20-7-21-54-45)42(25-31(37)27-50)55-38-12-3-1-10-33(38)35-16-14-29(23-40(35)55)44-51-18-6-19-52-44/h1-26H. The van der Waals surface area contributed by atoms with Gasteiger partial charge in [0, 0.05) is 63.0 Å². The molecule has 56 heavy (non-hydrogen) atoms. The first kappa shape index (κ1) is 33.0. The SMILES string of the molecule is N#Cc1cc(-n2c3ccccc3c3ccc(-c4ncccn4)cc32)c(-n2c3ccccc3c3ccc(-c4ncccn4)cc32)cc1-c1cccc(C(F)(F)F)c1. The van der Waals surface area contributed by atoms with Crippen LogP contribution < -0.4 is 0 Å². The second-order valence-electron chi connectivity index (χ2n) is 13.4. The summed E-state index contributed by atoms with van der Waals surface area (Å²) in [5.41, 5.74) is 6.37. The zero-order chi connectivity index (χ0) is 38.0. The lowest BCUT2D eigenvalue weighted by atomic mass is 9.96. The topological polar surface area (TPSA) is 85.2 Å². The van der Waals surface area contributed by atoms with Gasteiger partial charge in [0.2, 0.25) is 0 Å². The van der Waals surface area contributed by atoms with Gasteiger partial charge < -0.3 is 9.13 Å². The molecule has 10 aromatic rings. The number of nitriles is 1. The van der Waals surface area contributed by atoms with Gasteiger partial charge in [-0.25, -0.2) is 19.9 Å². The molecule has 4 aromatic heterocycles. The molecule has 0 aliphatic rings. The van der Waals surface area contributed by atoms with E-state index in [0.29, 0.717) is 28.6 Å². The van der Waals surface area contributed by atoms with E-state index < -0.39 is 11.7 Å². The fourth-order valence-corrected chi connectivity index (χ4v) is 7.76. The molecule has 0 radical (unpaired) electrons. The average Bonchev–Trinajstić information content (AvgIpc) is 3.75. The fourth-order valence-electron chi connectivity index (χ4n) is 7.76. The van der Waals surface area contributed by atoms with Crippen LogP contribution in [0.2, 0.25) is 0 Å². The van der Waals surface area contributed by atoms with Crippen molar-refractivity contribution >= 4 is 43.6 Å². The minimum Gasteiger partial charge on any atom is -0.307 e. The third-order valence-corrected chi connectivity index (χ3v) is 10.2. The maximum atomic E-state index is 14.1. The number of benzene rings is 6. The van der Waals surface area contributed by atoms with Crippen molar-refractivity contribution in [1.82, 2.24) is 29.1 Å². The fraction of sp³-hybridized carbons (Fsp3) is 0.0217. The van der Waals surface area contributed by atoms with Crippen molar-refractivity contribution in [3.8, 4) is 51.3 Å². The maximum Gasteiger partial charge on any atom is 0.416 e. The van der Waals surface area contributed by atoms with Gasteiger partial charge in [0.15, 0.2) is 11.6 Å². The van der Waals surface area contributed by atoms with Crippen molar-refractivity contribution < 1.29 is 13.2 Å². The number of nitrogens with zero attached hydrogens (tertiary/aromatic N) is 7. The predicted molar refractivity (Wildman–Crippen MR) is 212 cm³/mol. The minimum atomic E-state index is -4.57. The molecule has 0 aliphatic carbocycles. The number of halogens is 3. The summed E-state index contributed by atoms with van der Waals surface area (Å²) in [4.78, 5) is 18.0. The van der Waals surface area contributed by atoms with Crippen molar-refractivity contribution in [2.45, 2.75) is 6.18 Å². The molecule has 0 fully saturated rings. The number of rotatable bonds is 5. The number of alkyl halides is 3. The first-order valence-corrected chi connectivity index (χ1v) is 17.7. The van der Waals surface area contributed by atoms with Crippen LogP contribution in [0.3, 0.4) is 0 Å². The Hall–Kier alpha value is -7.64. The van der Waals surface area contributed by atoms with Gasteiger partial charge in [-0.1, -0.05) is 72.8 Å². The molecule has 6 aromatic carbocycles. The second kappa shape index (κ2) is 12.7. The Morgan fingerprint density at radius 2 is 0.964 bits per heavy atom. The third kappa shape index (κ3) is 5.28. The van der Waals surface area contributed by atoms with E-state index in [1.165, 1.54) is 6.07 Å². The Labute approximate surface area is 317 Å². The van der Waals surface area contributed by atoms with Crippen molar-refractivity contribution in [2.75, 3.05) is 0 Å². The second-order valence-corrected chi connectivity index (χ2v) is 13.4. The Balaban J connectivity index is 1.36. The smallest absolute Gasteiger partial charge is 0.307 e. The van der Waals surface area contributed by atoms with Gasteiger partial charge in [-0.2, -0.15) is 18.4 Å². The summed E-state index contributed by atoms with van der Waals surface area (Å²) in [6.07, 6.45) is 2.21. The molecule has 0 unspecified atom stereocenters. The van der Waals surface area contributed by atoms with Crippen LogP contribution in [0.25, 0.3) is 88.9 Å². The lowest BCUT2D eigenvalue weighted by Crippen LogP contribution is -2.07. The summed E-state index contributed by atoms with van der Waals surface area (Å²) in [5.74, 6) is 1.11. The molecule has 10 rings (SSSR count). The van der Waals surface area contributed by atoms with E-state index in [1.807, 2.05) is 78.9 Å². The van der Waals surface area contributed by atoms with Crippen LogP contribution in [0.4, 0.5) is 13.2 Å². The minimum absolute atomic E-state index is 0.218. The molecule has 0 N–H and O–H groups in total. The molecule has 0 amide bonds. The van der Waals surface area contributed by atoms with E-state index in [-0.39, 0.29) is 11.1 Å². The van der Waals surface area contributed by atoms with Crippen molar-refractivity contribution in [3.63, 3.8) is 0 Å².